The normalized spacial score (nSPS) is 13.4. The van der Waals surface area contributed by atoms with E-state index in [4.69, 9.17) is 0 Å². The van der Waals surface area contributed by atoms with Gasteiger partial charge in [-0.2, -0.15) is 0 Å². The SMILES string of the molecule is CCCCC(CC)C(=O)NC(Cc1cccc2ccccc12)C(=O)O. The number of aliphatic carboxylic acids is 1. The first kappa shape index (κ1) is 19.0. The third kappa shape index (κ3) is 5.05. The number of amides is 1. The van der Waals surface area contributed by atoms with E-state index >= 15 is 0 Å². The number of rotatable bonds is 9. The van der Waals surface area contributed by atoms with Gasteiger partial charge in [-0.3, -0.25) is 4.79 Å². The monoisotopic (exact) mass is 341 g/mol. The molecule has 0 heterocycles. The smallest absolute Gasteiger partial charge is 0.326 e. The largest absolute Gasteiger partial charge is 0.480 e. The van der Waals surface area contributed by atoms with Gasteiger partial charge in [-0.25, -0.2) is 4.79 Å². The molecule has 0 aliphatic carbocycles. The summed E-state index contributed by atoms with van der Waals surface area (Å²) in [5.74, 6) is -1.26. The van der Waals surface area contributed by atoms with Crippen molar-refractivity contribution < 1.29 is 14.7 Å². The van der Waals surface area contributed by atoms with E-state index in [1.807, 2.05) is 49.4 Å². The molecule has 2 aromatic carbocycles. The van der Waals surface area contributed by atoms with Gasteiger partial charge in [0.05, 0.1) is 0 Å². The van der Waals surface area contributed by atoms with E-state index in [9.17, 15) is 14.7 Å². The van der Waals surface area contributed by atoms with E-state index in [1.54, 1.807) is 0 Å². The lowest BCUT2D eigenvalue weighted by molar-refractivity contribution is -0.142. The number of carbonyl (C=O) groups is 2. The summed E-state index contributed by atoms with van der Waals surface area (Å²) in [6.07, 6.45) is 3.83. The summed E-state index contributed by atoms with van der Waals surface area (Å²) >= 11 is 0. The molecule has 0 fully saturated rings. The maximum Gasteiger partial charge on any atom is 0.326 e. The summed E-state index contributed by atoms with van der Waals surface area (Å²) < 4.78 is 0. The second-order valence-corrected chi connectivity index (χ2v) is 6.49. The number of carboxylic acid groups (broad SMARTS) is 1. The summed E-state index contributed by atoms with van der Waals surface area (Å²) in [6.45, 7) is 4.06. The zero-order chi connectivity index (χ0) is 18.2. The van der Waals surface area contributed by atoms with E-state index < -0.39 is 12.0 Å². The maximum atomic E-state index is 12.5. The molecule has 0 bridgehead atoms. The molecule has 1 amide bonds. The fourth-order valence-corrected chi connectivity index (χ4v) is 3.15. The Kier molecular flexibility index (Phi) is 6.99. The van der Waals surface area contributed by atoms with Crippen molar-refractivity contribution in [2.75, 3.05) is 0 Å². The highest BCUT2D eigenvalue weighted by Gasteiger charge is 2.24. The van der Waals surface area contributed by atoms with Crippen LogP contribution in [0.15, 0.2) is 42.5 Å². The van der Waals surface area contributed by atoms with Crippen molar-refractivity contribution >= 4 is 22.6 Å². The van der Waals surface area contributed by atoms with Crippen molar-refractivity contribution in [2.24, 2.45) is 5.92 Å². The van der Waals surface area contributed by atoms with Gasteiger partial charge in [-0.1, -0.05) is 69.2 Å². The van der Waals surface area contributed by atoms with Crippen LogP contribution in [0.4, 0.5) is 0 Å². The second-order valence-electron chi connectivity index (χ2n) is 6.49. The molecule has 4 heteroatoms. The number of benzene rings is 2. The highest BCUT2D eigenvalue weighted by molar-refractivity contribution is 5.88. The molecular formula is C21H27NO3. The molecule has 2 aromatic rings. The van der Waals surface area contributed by atoms with Crippen molar-refractivity contribution in [2.45, 2.75) is 52.0 Å². The molecule has 4 nitrogen and oxygen atoms in total. The van der Waals surface area contributed by atoms with E-state index in [0.29, 0.717) is 0 Å². The summed E-state index contributed by atoms with van der Waals surface area (Å²) in [4.78, 5) is 24.2. The lowest BCUT2D eigenvalue weighted by Crippen LogP contribution is -2.44. The van der Waals surface area contributed by atoms with Gasteiger partial charge in [0.2, 0.25) is 5.91 Å². The second kappa shape index (κ2) is 9.21. The van der Waals surface area contributed by atoms with Gasteiger partial charge in [0.15, 0.2) is 0 Å². The van der Waals surface area contributed by atoms with Crippen molar-refractivity contribution in [1.82, 2.24) is 5.32 Å². The summed E-state index contributed by atoms with van der Waals surface area (Å²) in [5.41, 5.74) is 0.937. The van der Waals surface area contributed by atoms with Gasteiger partial charge in [0.25, 0.3) is 0 Å². The van der Waals surface area contributed by atoms with Crippen LogP contribution in [0.5, 0.6) is 0 Å². The van der Waals surface area contributed by atoms with Crippen molar-refractivity contribution in [3.8, 4) is 0 Å². The average molecular weight is 341 g/mol. The number of hydrogen-bond donors (Lipinski definition) is 2. The maximum absolute atomic E-state index is 12.5. The minimum Gasteiger partial charge on any atom is -0.480 e. The fourth-order valence-electron chi connectivity index (χ4n) is 3.15. The highest BCUT2D eigenvalue weighted by atomic mass is 16.4. The fraction of sp³-hybridized carbons (Fsp3) is 0.429. The van der Waals surface area contributed by atoms with Gasteiger partial charge in [-0.15, -0.1) is 0 Å². The van der Waals surface area contributed by atoms with Crippen LogP contribution < -0.4 is 5.32 Å². The van der Waals surface area contributed by atoms with Gasteiger partial charge in [0, 0.05) is 12.3 Å². The molecule has 0 radical (unpaired) electrons. The topological polar surface area (TPSA) is 66.4 Å². The molecule has 0 spiro atoms. The van der Waals surface area contributed by atoms with Crippen LogP contribution in [0, 0.1) is 5.92 Å². The van der Waals surface area contributed by atoms with Crippen LogP contribution in [0.1, 0.15) is 45.1 Å². The standard InChI is InChI=1S/C21H27NO3/c1-3-5-9-15(4-2)20(23)22-19(21(24)25)14-17-12-8-11-16-10-6-7-13-18(16)17/h6-8,10-13,15,19H,3-5,9,14H2,1-2H3,(H,22,23)(H,24,25). The van der Waals surface area contributed by atoms with Gasteiger partial charge in [0.1, 0.15) is 6.04 Å². The first-order valence-corrected chi connectivity index (χ1v) is 9.06. The minimum atomic E-state index is -0.994. The van der Waals surface area contributed by atoms with Crippen LogP contribution >= 0.6 is 0 Å². The van der Waals surface area contributed by atoms with Gasteiger partial charge >= 0.3 is 5.97 Å². The predicted octanol–water partition coefficient (Wildman–Crippen LogP) is 4.17. The molecule has 2 unspecified atom stereocenters. The Morgan fingerprint density at radius 3 is 2.48 bits per heavy atom. The molecule has 2 N–H and O–H groups in total. The summed E-state index contributed by atoms with van der Waals surface area (Å²) in [7, 11) is 0. The zero-order valence-corrected chi connectivity index (χ0v) is 15.0. The van der Waals surface area contributed by atoms with Crippen LogP contribution in [-0.2, 0) is 16.0 Å². The molecule has 0 saturated carbocycles. The predicted molar refractivity (Wildman–Crippen MR) is 101 cm³/mol. The summed E-state index contributed by atoms with van der Waals surface area (Å²) in [5, 5.41) is 14.4. The third-order valence-corrected chi connectivity index (χ3v) is 4.69. The first-order valence-electron chi connectivity index (χ1n) is 9.06. The lowest BCUT2D eigenvalue weighted by Gasteiger charge is -2.20. The number of fused-ring (bicyclic) bond motifs is 1. The Morgan fingerprint density at radius 2 is 1.80 bits per heavy atom. The number of carboxylic acids is 1. The Morgan fingerprint density at radius 1 is 1.08 bits per heavy atom. The Hall–Kier alpha value is -2.36. The number of hydrogen-bond acceptors (Lipinski definition) is 2. The van der Waals surface area contributed by atoms with Gasteiger partial charge < -0.3 is 10.4 Å². The number of unbranched alkanes of at least 4 members (excludes halogenated alkanes) is 1. The van der Waals surface area contributed by atoms with E-state index in [-0.39, 0.29) is 18.2 Å². The van der Waals surface area contributed by atoms with E-state index in [2.05, 4.69) is 12.2 Å². The number of nitrogens with one attached hydrogen (secondary N) is 1. The van der Waals surface area contributed by atoms with Crippen molar-refractivity contribution in [3.05, 3.63) is 48.0 Å². The quantitative estimate of drug-likeness (QED) is 0.719. The molecule has 134 valence electrons. The molecule has 0 aliphatic heterocycles. The average Bonchev–Trinajstić information content (AvgIpc) is 2.62. The third-order valence-electron chi connectivity index (χ3n) is 4.69. The van der Waals surface area contributed by atoms with Crippen molar-refractivity contribution in [3.63, 3.8) is 0 Å². The van der Waals surface area contributed by atoms with Crippen LogP contribution in [0.25, 0.3) is 10.8 Å². The molecular weight excluding hydrogens is 314 g/mol. The number of carbonyl (C=O) groups excluding carboxylic acids is 1. The molecule has 0 aliphatic rings. The van der Waals surface area contributed by atoms with Gasteiger partial charge in [-0.05, 0) is 29.2 Å². The van der Waals surface area contributed by atoms with E-state index in [0.717, 1.165) is 42.0 Å². The highest BCUT2D eigenvalue weighted by Crippen LogP contribution is 2.20. The lowest BCUT2D eigenvalue weighted by atomic mass is 9.96. The molecule has 25 heavy (non-hydrogen) atoms. The van der Waals surface area contributed by atoms with Crippen LogP contribution in [-0.4, -0.2) is 23.0 Å². The Labute approximate surface area is 149 Å². The molecule has 0 saturated heterocycles. The van der Waals surface area contributed by atoms with Crippen LogP contribution in [0.2, 0.25) is 0 Å². The minimum absolute atomic E-state index is 0.116. The summed E-state index contributed by atoms with van der Waals surface area (Å²) in [6, 6.07) is 12.8. The first-order chi connectivity index (χ1) is 12.1. The van der Waals surface area contributed by atoms with E-state index in [1.165, 1.54) is 0 Å². The molecule has 0 aromatic heterocycles. The Bertz CT molecular complexity index is 721. The zero-order valence-electron chi connectivity index (χ0n) is 15.0. The van der Waals surface area contributed by atoms with Crippen LogP contribution in [0.3, 0.4) is 0 Å². The molecule has 2 atom stereocenters. The van der Waals surface area contributed by atoms with Crippen molar-refractivity contribution in [1.29, 1.82) is 0 Å². The Balaban J connectivity index is 2.15. The molecule has 2 rings (SSSR count).